The van der Waals surface area contributed by atoms with Crippen molar-refractivity contribution in [3.8, 4) is 0 Å². The summed E-state index contributed by atoms with van der Waals surface area (Å²) in [5, 5.41) is 0. The van der Waals surface area contributed by atoms with Crippen molar-refractivity contribution >= 4 is 21.9 Å². The zero-order valence-electron chi connectivity index (χ0n) is 8.24. The van der Waals surface area contributed by atoms with Crippen LogP contribution in [0.2, 0.25) is 0 Å². The monoisotopic (exact) mass is 256 g/mol. The van der Waals surface area contributed by atoms with Crippen molar-refractivity contribution < 1.29 is 9.53 Å². The van der Waals surface area contributed by atoms with Crippen molar-refractivity contribution in [2.24, 2.45) is 23.7 Å². The maximum atomic E-state index is 11.5. The van der Waals surface area contributed by atoms with E-state index in [9.17, 15) is 4.79 Å². The van der Waals surface area contributed by atoms with E-state index in [0.717, 1.165) is 4.48 Å². The van der Waals surface area contributed by atoms with Gasteiger partial charge < -0.3 is 4.74 Å². The number of methoxy groups -OCH3 is 1. The van der Waals surface area contributed by atoms with Crippen LogP contribution in [-0.4, -0.2) is 13.1 Å². The first-order valence-corrected chi connectivity index (χ1v) is 5.58. The molecule has 14 heavy (non-hydrogen) atoms. The Balaban J connectivity index is 2.28. The third-order valence-electron chi connectivity index (χ3n) is 3.36. The van der Waals surface area contributed by atoms with Crippen molar-refractivity contribution in [2.45, 2.75) is 6.92 Å². The number of carbonyl (C=O) groups excluding carboxylic acids is 1. The summed E-state index contributed by atoms with van der Waals surface area (Å²) in [6, 6.07) is 0. The summed E-state index contributed by atoms with van der Waals surface area (Å²) in [6.45, 7) is 2.18. The molecule has 0 amide bonds. The summed E-state index contributed by atoms with van der Waals surface area (Å²) >= 11 is 3.52. The summed E-state index contributed by atoms with van der Waals surface area (Å²) in [4.78, 5) is 11.5. The predicted octanol–water partition coefficient (Wildman–Crippen LogP) is 2.51. The second-order valence-electron chi connectivity index (χ2n) is 3.95. The minimum Gasteiger partial charge on any atom is -0.469 e. The van der Waals surface area contributed by atoms with Crippen LogP contribution in [0.4, 0.5) is 0 Å². The fraction of sp³-hybridized carbons (Fsp3) is 0.545. The van der Waals surface area contributed by atoms with Gasteiger partial charge in [0.05, 0.1) is 13.0 Å². The van der Waals surface area contributed by atoms with Gasteiger partial charge in [0.2, 0.25) is 0 Å². The van der Waals surface area contributed by atoms with Gasteiger partial charge in [0.15, 0.2) is 0 Å². The largest absolute Gasteiger partial charge is 0.469 e. The molecule has 2 nitrogen and oxygen atoms in total. The Hall–Kier alpha value is -0.570. The summed E-state index contributed by atoms with van der Waals surface area (Å²) in [7, 11) is 1.46. The summed E-state index contributed by atoms with van der Waals surface area (Å²) in [6.07, 6.45) is 6.16. The van der Waals surface area contributed by atoms with Crippen LogP contribution in [0, 0.1) is 23.7 Å². The molecule has 0 spiro atoms. The lowest BCUT2D eigenvalue weighted by Crippen LogP contribution is -2.48. The standard InChI is InChI=1S/C11H13BrO2/c1-6-7-4-3-5-8(12)9(6)10(7)11(13)14-2/h3-7,9-10H,1-2H3/t6-,7?,9+,10?/m0/s1. The first-order valence-electron chi connectivity index (χ1n) is 4.78. The van der Waals surface area contributed by atoms with Gasteiger partial charge in [0.1, 0.15) is 0 Å². The number of carbonyl (C=O) groups is 1. The Morgan fingerprint density at radius 3 is 2.93 bits per heavy atom. The van der Waals surface area contributed by atoms with E-state index in [0.29, 0.717) is 17.8 Å². The van der Waals surface area contributed by atoms with Crippen LogP contribution in [0.3, 0.4) is 0 Å². The Morgan fingerprint density at radius 1 is 1.57 bits per heavy atom. The van der Waals surface area contributed by atoms with Crippen molar-refractivity contribution in [2.75, 3.05) is 7.11 Å². The maximum Gasteiger partial charge on any atom is 0.309 e. The molecular formula is C11H13BrO2. The molecule has 0 heterocycles. The zero-order valence-corrected chi connectivity index (χ0v) is 9.82. The van der Waals surface area contributed by atoms with E-state index in [-0.39, 0.29) is 11.9 Å². The number of hydrogen-bond acceptors (Lipinski definition) is 2. The highest BCUT2D eigenvalue weighted by Crippen LogP contribution is 2.53. The van der Waals surface area contributed by atoms with Gasteiger partial charge in [-0.1, -0.05) is 41.1 Å². The second-order valence-corrected chi connectivity index (χ2v) is 4.86. The van der Waals surface area contributed by atoms with E-state index in [2.05, 4.69) is 28.9 Å². The van der Waals surface area contributed by atoms with Gasteiger partial charge in [-0.05, 0) is 16.3 Å². The lowest BCUT2D eigenvalue weighted by Gasteiger charge is -2.46. The van der Waals surface area contributed by atoms with Gasteiger partial charge in [0, 0.05) is 5.92 Å². The van der Waals surface area contributed by atoms with Crippen LogP contribution in [0.25, 0.3) is 0 Å². The number of ether oxygens (including phenoxy) is 1. The molecule has 0 N–H and O–H groups in total. The SMILES string of the molecule is COC(=O)C1C2C=CC=C(Br)[C@H]1[C@H]2C. The lowest BCUT2D eigenvalue weighted by molar-refractivity contribution is -0.156. The van der Waals surface area contributed by atoms with Crippen molar-refractivity contribution in [3.63, 3.8) is 0 Å². The molecule has 2 unspecified atom stereocenters. The Bertz CT molecular complexity index is 319. The zero-order chi connectivity index (χ0) is 10.3. The minimum atomic E-state index is -0.0880. The minimum absolute atomic E-state index is 0.0133. The third kappa shape index (κ3) is 1.26. The van der Waals surface area contributed by atoms with E-state index in [1.165, 1.54) is 7.11 Å². The number of hydrogen-bond donors (Lipinski definition) is 0. The molecule has 3 heteroatoms. The van der Waals surface area contributed by atoms with Gasteiger partial charge >= 0.3 is 5.97 Å². The molecule has 76 valence electrons. The Labute approximate surface area is 92.1 Å². The fourth-order valence-electron chi connectivity index (χ4n) is 2.53. The maximum absolute atomic E-state index is 11.5. The molecule has 1 saturated carbocycles. The van der Waals surface area contributed by atoms with Crippen LogP contribution in [0.1, 0.15) is 6.92 Å². The molecule has 0 aromatic carbocycles. The number of rotatable bonds is 1. The molecule has 3 aliphatic carbocycles. The molecular weight excluding hydrogens is 244 g/mol. The molecule has 0 aromatic heterocycles. The average Bonchev–Trinajstić information content (AvgIpc) is 2.43. The van der Waals surface area contributed by atoms with Gasteiger partial charge in [-0.15, -0.1) is 0 Å². The topological polar surface area (TPSA) is 26.3 Å². The van der Waals surface area contributed by atoms with Crippen molar-refractivity contribution in [1.29, 1.82) is 0 Å². The molecule has 2 bridgehead atoms. The van der Waals surface area contributed by atoms with Crippen molar-refractivity contribution in [3.05, 3.63) is 22.7 Å². The molecule has 4 atom stereocenters. The molecule has 3 rings (SSSR count). The highest BCUT2D eigenvalue weighted by molar-refractivity contribution is 9.11. The first-order chi connectivity index (χ1) is 6.66. The third-order valence-corrected chi connectivity index (χ3v) is 4.15. The van der Waals surface area contributed by atoms with Crippen LogP contribution < -0.4 is 0 Å². The fourth-order valence-corrected chi connectivity index (χ4v) is 3.39. The van der Waals surface area contributed by atoms with Gasteiger partial charge in [-0.3, -0.25) is 4.79 Å². The number of esters is 1. The van der Waals surface area contributed by atoms with E-state index < -0.39 is 0 Å². The quantitative estimate of drug-likeness (QED) is 0.674. The van der Waals surface area contributed by atoms with E-state index in [4.69, 9.17) is 4.74 Å². The van der Waals surface area contributed by atoms with Crippen LogP contribution in [0.15, 0.2) is 22.7 Å². The van der Waals surface area contributed by atoms with Gasteiger partial charge in [0.25, 0.3) is 0 Å². The summed E-state index contributed by atoms with van der Waals surface area (Å²) in [5.74, 6) is 1.11. The van der Waals surface area contributed by atoms with Gasteiger partial charge in [-0.2, -0.15) is 0 Å². The van der Waals surface area contributed by atoms with E-state index in [1.807, 2.05) is 12.2 Å². The normalized spacial score (nSPS) is 39.5. The molecule has 0 saturated heterocycles. The van der Waals surface area contributed by atoms with Crippen LogP contribution in [-0.2, 0) is 9.53 Å². The van der Waals surface area contributed by atoms with E-state index >= 15 is 0 Å². The summed E-state index contributed by atoms with van der Waals surface area (Å²) < 4.78 is 5.94. The molecule has 0 aromatic rings. The predicted molar refractivity (Wildman–Crippen MR) is 57.8 cm³/mol. The number of halogens is 1. The molecule has 1 fully saturated rings. The number of fused-ring (bicyclic) bond motifs is 1. The average molecular weight is 257 g/mol. The van der Waals surface area contributed by atoms with Crippen molar-refractivity contribution in [1.82, 2.24) is 0 Å². The first kappa shape index (κ1) is 9.97. The molecule has 0 radical (unpaired) electrons. The molecule has 0 aliphatic heterocycles. The highest BCUT2D eigenvalue weighted by Gasteiger charge is 2.52. The highest BCUT2D eigenvalue weighted by atomic mass is 79.9. The number of allylic oxidation sites excluding steroid dienone is 4. The Kier molecular flexibility index (Phi) is 2.52. The van der Waals surface area contributed by atoms with Gasteiger partial charge in [-0.25, -0.2) is 0 Å². The smallest absolute Gasteiger partial charge is 0.309 e. The molecule has 3 aliphatic rings. The van der Waals surface area contributed by atoms with E-state index in [1.54, 1.807) is 0 Å². The lowest BCUT2D eigenvalue weighted by atomic mass is 9.58. The Morgan fingerprint density at radius 2 is 2.29 bits per heavy atom. The van der Waals surface area contributed by atoms with Crippen LogP contribution >= 0.6 is 15.9 Å². The van der Waals surface area contributed by atoms with Crippen LogP contribution in [0.5, 0.6) is 0 Å². The second kappa shape index (κ2) is 3.54. The summed E-state index contributed by atoms with van der Waals surface area (Å²) in [5.41, 5.74) is 0.